The highest BCUT2D eigenvalue weighted by atomic mass is 16.3. The zero-order valence-corrected chi connectivity index (χ0v) is 19.2. The molecule has 0 amide bonds. The van der Waals surface area contributed by atoms with Gasteiger partial charge in [0, 0.05) is 13.1 Å². The molecule has 34 heavy (non-hydrogen) atoms. The predicted molar refractivity (Wildman–Crippen MR) is 133 cm³/mol. The molecule has 2 heterocycles. The number of nitrogens with two attached hydrogens (primary N) is 4. The van der Waals surface area contributed by atoms with Crippen molar-refractivity contribution in [3.8, 4) is 0 Å². The minimum absolute atomic E-state index is 0.198. The molecule has 0 aromatic carbocycles. The number of guanidine groups is 4. The Hall–Kier alpha value is -3.96. The van der Waals surface area contributed by atoms with E-state index in [1.165, 1.54) is 0 Å². The Morgan fingerprint density at radius 2 is 1.18 bits per heavy atom. The van der Waals surface area contributed by atoms with Crippen molar-refractivity contribution in [2.45, 2.75) is 38.8 Å². The summed E-state index contributed by atoms with van der Waals surface area (Å²) in [6, 6.07) is 7.25. The van der Waals surface area contributed by atoms with Crippen molar-refractivity contribution >= 4 is 23.8 Å². The molecule has 2 aromatic heterocycles. The number of nitrogens with one attached hydrogen (secondary N) is 2. The van der Waals surface area contributed by atoms with E-state index in [0.29, 0.717) is 38.0 Å². The molecule has 12 heteroatoms. The Morgan fingerprint density at radius 1 is 0.735 bits per heavy atom. The van der Waals surface area contributed by atoms with Gasteiger partial charge in [0.15, 0.2) is 23.8 Å². The van der Waals surface area contributed by atoms with Crippen molar-refractivity contribution in [3.05, 3.63) is 48.3 Å². The highest BCUT2D eigenvalue weighted by molar-refractivity contribution is 5.97. The molecule has 0 bridgehead atoms. The molecule has 10 N–H and O–H groups in total. The number of rotatable bonds is 8. The quantitative estimate of drug-likeness (QED) is 0.240. The van der Waals surface area contributed by atoms with Crippen LogP contribution in [0.15, 0.2) is 65.6 Å². The van der Waals surface area contributed by atoms with E-state index < -0.39 is 0 Å². The summed E-state index contributed by atoms with van der Waals surface area (Å²) < 4.78 is 10.4. The highest BCUT2D eigenvalue weighted by Gasteiger charge is 2.21. The third kappa shape index (κ3) is 8.88. The minimum Gasteiger partial charge on any atom is -0.467 e. The molecule has 0 spiro atoms. The summed E-state index contributed by atoms with van der Waals surface area (Å²) in [5.41, 5.74) is 23.6. The van der Waals surface area contributed by atoms with Crippen LogP contribution in [0.4, 0.5) is 0 Å². The van der Waals surface area contributed by atoms with E-state index in [1.807, 2.05) is 12.1 Å². The number of nitrogens with zero attached hydrogens (tertiary/aromatic N) is 4. The lowest BCUT2D eigenvalue weighted by Crippen LogP contribution is -2.42. The van der Waals surface area contributed by atoms with Crippen LogP contribution in [-0.2, 0) is 13.1 Å². The second-order valence-corrected chi connectivity index (χ2v) is 8.16. The summed E-state index contributed by atoms with van der Waals surface area (Å²) in [5.74, 6) is 3.17. The summed E-state index contributed by atoms with van der Waals surface area (Å²) >= 11 is 0. The van der Waals surface area contributed by atoms with E-state index in [4.69, 9.17) is 31.8 Å². The topological polar surface area (TPSA) is 204 Å². The van der Waals surface area contributed by atoms with Crippen LogP contribution in [0.25, 0.3) is 0 Å². The molecule has 1 aliphatic rings. The lowest BCUT2D eigenvalue weighted by atomic mass is 9.81. The molecule has 2 aromatic rings. The van der Waals surface area contributed by atoms with E-state index in [2.05, 4.69) is 30.6 Å². The molecule has 1 fully saturated rings. The lowest BCUT2D eigenvalue weighted by Gasteiger charge is -2.27. The van der Waals surface area contributed by atoms with Crippen molar-refractivity contribution in [1.82, 2.24) is 10.6 Å². The van der Waals surface area contributed by atoms with Crippen molar-refractivity contribution < 1.29 is 8.83 Å². The standard InChI is InChI=1S/C22H34N10O2/c23-19(31-21(25)29-13-17-6-2-8-33-17)27-11-15-4-1-5-16(10-15)12-28-20(24)32-22(26)30-14-18-7-3-9-34-18/h2-3,6-9,15-16H,1,4-5,10-14H2,(H5,23,25,27,29,31)(H5,24,26,28,30,32). The van der Waals surface area contributed by atoms with Crippen molar-refractivity contribution in [3.63, 3.8) is 0 Å². The maximum Gasteiger partial charge on any atom is 0.195 e. The third-order valence-electron chi connectivity index (χ3n) is 5.41. The van der Waals surface area contributed by atoms with Crippen molar-refractivity contribution in [1.29, 1.82) is 0 Å². The van der Waals surface area contributed by atoms with Gasteiger partial charge in [-0.15, -0.1) is 0 Å². The van der Waals surface area contributed by atoms with Gasteiger partial charge in [0.25, 0.3) is 0 Å². The fourth-order valence-corrected chi connectivity index (χ4v) is 3.74. The number of furan rings is 2. The third-order valence-corrected chi connectivity index (χ3v) is 5.41. The van der Waals surface area contributed by atoms with Gasteiger partial charge in [0.1, 0.15) is 24.6 Å². The second kappa shape index (κ2) is 12.9. The Labute approximate surface area is 198 Å². The normalized spacial score (nSPS) is 20.4. The molecule has 0 saturated heterocycles. The first kappa shape index (κ1) is 24.7. The largest absolute Gasteiger partial charge is 0.467 e. The van der Waals surface area contributed by atoms with Crippen LogP contribution >= 0.6 is 0 Å². The molecule has 3 rings (SSSR count). The monoisotopic (exact) mass is 470 g/mol. The first-order valence-electron chi connectivity index (χ1n) is 11.3. The molecular formula is C22H34N10O2. The number of aliphatic imine (C=N–C) groups is 4. The predicted octanol–water partition coefficient (Wildman–Crippen LogP) is 0.817. The highest BCUT2D eigenvalue weighted by Crippen LogP contribution is 2.29. The van der Waals surface area contributed by atoms with Crippen LogP contribution in [0.2, 0.25) is 0 Å². The Bertz CT molecular complexity index is 901. The molecule has 2 unspecified atom stereocenters. The molecule has 1 saturated carbocycles. The molecule has 12 nitrogen and oxygen atoms in total. The van der Waals surface area contributed by atoms with Gasteiger partial charge in [-0.05, 0) is 55.4 Å². The fraction of sp³-hybridized carbons (Fsp3) is 0.455. The lowest BCUT2D eigenvalue weighted by molar-refractivity contribution is 0.278. The second-order valence-electron chi connectivity index (χ2n) is 8.16. The van der Waals surface area contributed by atoms with Gasteiger partial charge in [0.05, 0.1) is 12.5 Å². The number of hydrogen-bond acceptors (Lipinski definition) is 6. The van der Waals surface area contributed by atoms with Crippen LogP contribution in [-0.4, -0.2) is 36.9 Å². The summed E-state index contributed by atoms with van der Waals surface area (Å²) in [4.78, 5) is 17.2. The van der Waals surface area contributed by atoms with Gasteiger partial charge in [-0.25, -0.2) is 9.98 Å². The van der Waals surface area contributed by atoms with Crippen LogP contribution in [0.5, 0.6) is 0 Å². The van der Waals surface area contributed by atoms with Gasteiger partial charge in [-0.2, -0.15) is 0 Å². The molecule has 2 atom stereocenters. The van der Waals surface area contributed by atoms with Crippen LogP contribution < -0.4 is 33.6 Å². The van der Waals surface area contributed by atoms with Gasteiger partial charge in [0.2, 0.25) is 0 Å². The van der Waals surface area contributed by atoms with Gasteiger partial charge in [-0.1, -0.05) is 6.42 Å². The maximum atomic E-state index is 5.95. The summed E-state index contributed by atoms with van der Waals surface area (Å²) in [5, 5.41) is 5.62. The first-order chi connectivity index (χ1) is 16.5. The molecule has 0 aliphatic heterocycles. The van der Waals surface area contributed by atoms with E-state index in [-0.39, 0.29) is 23.8 Å². The van der Waals surface area contributed by atoms with Crippen LogP contribution in [0, 0.1) is 11.8 Å². The summed E-state index contributed by atoms with van der Waals surface area (Å²) in [6.45, 7) is 1.90. The minimum atomic E-state index is 0.198. The van der Waals surface area contributed by atoms with Gasteiger partial charge < -0.3 is 31.8 Å². The zero-order chi connectivity index (χ0) is 24.2. The zero-order valence-electron chi connectivity index (χ0n) is 19.2. The molecule has 1 aliphatic carbocycles. The van der Waals surface area contributed by atoms with E-state index in [1.54, 1.807) is 24.7 Å². The van der Waals surface area contributed by atoms with Gasteiger partial charge in [-0.3, -0.25) is 20.6 Å². The van der Waals surface area contributed by atoms with Crippen molar-refractivity contribution in [2.75, 3.05) is 13.1 Å². The Kier molecular flexibility index (Phi) is 9.38. The maximum absolute atomic E-state index is 5.95. The number of hydrogen-bond donors (Lipinski definition) is 6. The van der Waals surface area contributed by atoms with Crippen LogP contribution in [0.1, 0.15) is 37.2 Å². The van der Waals surface area contributed by atoms with E-state index >= 15 is 0 Å². The molecule has 0 radical (unpaired) electrons. The van der Waals surface area contributed by atoms with Crippen molar-refractivity contribution in [2.24, 2.45) is 54.7 Å². The van der Waals surface area contributed by atoms with E-state index in [0.717, 1.165) is 37.2 Å². The van der Waals surface area contributed by atoms with Crippen LogP contribution in [0.3, 0.4) is 0 Å². The SMILES string of the molecule is NC(=NCc1ccco1)NC(N)=NCC1CCCC(CN=C(N)NC(N)=NCc2ccco2)C1. The molecular weight excluding hydrogens is 436 g/mol. The smallest absolute Gasteiger partial charge is 0.195 e. The Morgan fingerprint density at radius 3 is 1.59 bits per heavy atom. The van der Waals surface area contributed by atoms with E-state index in [9.17, 15) is 0 Å². The average molecular weight is 471 g/mol. The molecule has 184 valence electrons. The first-order valence-corrected chi connectivity index (χ1v) is 11.3. The summed E-state index contributed by atoms with van der Waals surface area (Å²) in [6.07, 6.45) is 7.48. The Balaban J connectivity index is 1.39. The fourth-order valence-electron chi connectivity index (χ4n) is 3.74. The average Bonchev–Trinajstić information content (AvgIpc) is 3.53. The summed E-state index contributed by atoms with van der Waals surface area (Å²) in [7, 11) is 0. The van der Waals surface area contributed by atoms with Gasteiger partial charge >= 0.3 is 0 Å².